The van der Waals surface area contributed by atoms with Gasteiger partial charge in [0.2, 0.25) is 5.82 Å². The third-order valence-corrected chi connectivity index (χ3v) is 5.64. The SMILES string of the molecule is COCCN1C(=O)NC(c2ccc(OC)c(O)c2)C(c2nc(-c3cccc(OC)c3)no2)=C1C. The van der Waals surface area contributed by atoms with Gasteiger partial charge in [-0.15, -0.1) is 0 Å². The van der Waals surface area contributed by atoms with Crippen LogP contribution in [0.25, 0.3) is 17.0 Å². The summed E-state index contributed by atoms with van der Waals surface area (Å²) in [5, 5.41) is 17.5. The summed E-state index contributed by atoms with van der Waals surface area (Å²) in [6, 6.07) is 11.3. The van der Waals surface area contributed by atoms with Gasteiger partial charge in [-0.3, -0.25) is 4.90 Å². The Hall–Kier alpha value is -4.05. The number of amides is 2. The average molecular weight is 466 g/mol. The first-order valence-electron chi connectivity index (χ1n) is 10.6. The maximum Gasteiger partial charge on any atom is 0.322 e. The van der Waals surface area contributed by atoms with E-state index in [-0.39, 0.29) is 17.7 Å². The molecule has 1 aliphatic heterocycles. The number of phenolic OH excluding ortho intramolecular Hbond substituents is 1. The van der Waals surface area contributed by atoms with Crippen molar-refractivity contribution in [3.8, 4) is 28.6 Å². The van der Waals surface area contributed by atoms with Crippen molar-refractivity contribution in [1.82, 2.24) is 20.4 Å². The number of nitrogens with one attached hydrogen (secondary N) is 1. The third-order valence-electron chi connectivity index (χ3n) is 5.64. The van der Waals surface area contributed by atoms with Crippen LogP contribution in [0, 0.1) is 0 Å². The highest BCUT2D eigenvalue weighted by atomic mass is 16.5. The Balaban J connectivity index is 1.80. The van der Waals surface area contributed by atoms with Crippen molar-refractivity contribution >= 4 is 11.6 Å². The number of nitrogens with zero attached hydrogens (tertiary/aromatic N) is 3. The van der Waals surface area contributed by atoms with Crippen LogP contribution in [0.15, 0.2) is 52.7 Å². The normalized spacial score (nSPS) is 15.9. The van der Waals surface area contributed by atoms with Crippen molar-refractivity contribution in [2.24, 2.45) is 0 Å². The summed E-state index contributed by atoms with van der Waals surface area (Å²) in [5.41, 5.74) is 2.61. The lowest BCUT2D eigenvalue weighted by Gasteiger charge is -2.35. The predicted octanol–water partition coefficient (Wildman–Crippen LogP) is 3.60. The second-order valence-corrected chi connectivity index (χ2v) is 7.61. The Morgan fingerprint density at radius 3 is 2.68 bits per heavy atom. The second-order valence-electron chi connectivity index (χ2n) is 7.61. The molecule has 0 bridgehead atoms. The molecule has 178 valence electrons. The molecular weight excluding hydrogens is 440 g/mol. The van der Waals surface area contributed by atoms with Crippen molar-refractivity contribution in [3.05, 3.63) is 59.6 Å². The van der Waals surface area contributed by atoms with Gasteiger partial charge >= 0.3 is 6.03 Å². The summed E-state index contributed by atoms with van der Waals surface area (Å²) in [7, 11) is 4.63. The van der Waals surface area contributed by atoms with Crippen LogP contribution >= 0.6 is 0 Å². The number of allylic oxidation sites excluding steroid dienone is 1. The molecule has 1 atom stereocenters. The molecule has 2 amide bonds. The van der Waals surface area contributed by atoms with Crippen molar-refractivity contribution in [2.75, 3.05) is 34.5 Å². The number of methoxy groups -OCH3 is 3. The molecule has 0 spiro atoms. The minimum Gasteiger partial charge on any atom is -0.504 e. The summed E-state index contributed by atoms with van der Waals surface area (Å²) >= 11 is 0. The quantitative estimate of drug-likeness (QED) is 0.517. The highest BCUT2D eigenvalue weighted by molar-refractivity contribution is 5.87. The number of ether oxygens (including phenoxy) is 3. The summed E-state index contributed by atoms with van der Waals surface area (Å²) < 4.78 is 21.3. The molecular formula is C24H26N4O6. The molecule has 0 radical (unpaired) electrons. The van der Waals surface area contributed by atoms with E-state index in [0.29, 0.717) is 47.3 Å². The molecule has 2 heterocycles. The van der Waals surface area contributed by atoms with Gasteiger partial charge in [0.15, 0.2) is 11.5 Å². The van der Waals surface area contributed by atoms with Gasteiger partial charge in [0.1, 0.15) is 5.75 Å². The van der Waals surface area contributed by atoms with E-state index in [0.717, 1.165) is 5.56 Å². The zero-order chi connectivity index (χ0) is 24.2. The van der Waals surface area contributed by atoms with Crippen LogP contribution in [0.5, 0.6) is 17.2 Å². The zero-order valence-corrected chi connectivity index (χ0v) is 19.4. The number of rotatable bonds is 8. The Kier molecular flexibility index (Phi) is 6.69. The Labute approximate surface area is 196 Å². The number of hydrogen-bond acceptors (Lipinski definition) is 8. The minimum atomic E-state index is -0.637. The van der Waals surface area contributed by atoms with Crippen LogP contribution in [-0.2, 0) is 4.74 Å². The lowest BCUT2D eigenvalue weighted by molar-refractivity contribution is 0.158. The van der Waals surface area contributed by atoms with Crippen molar-refractivity contribution in [2.45, 2.75) is 13.0 Å². The van der Waals surface area contributed by atoms with Gasteiger partial charge in [-0.25, -0.2) is 4.79 Å². The van der Waals surface area contributed by atoms with E-state index in [4.69, 9.17) is 18.7 Å². The molecule has 0 saturated carbocycles. The van der Waals surface area contributed by atoms with Gasteiger partial charge in [-0.1, -0.05) is 23.4 Å². The van der Waals surface area contributed by atoms with Gasteiger partial charge < -0.3 is 29.2 Å². The van der Waals surface area contributed by atoms with Crippen LogP contribution in [0.3, 0.4) is 0 Å². The fourth-order valence-electron chi connectivity index (χ4n) is 3.86. The molecule has 34 heavy (non-hydrogen) atoms. The van der Waals surface area contributed by atoms with Crippen LogP contribution in [0.1, 0.15) is 24.4 Å². The number of urea groups is 1. The number of carbonyl (C=O) groups is 1. The smallest absolute Gasteiger partial charge is 0.322 e. The largest absolute Gasteiger partial charge is 0.504 e. The van der Waals surface area contributed by atoms with E-state index in [9.17, 15) is 9.90 Å². The lowest BCUT2D eigenvalue weighted by atomic mass is 9.94. The molecule has 0 aliphatic carbocycles. The molecule has 2 N–H and O–H groups in total. The second kappa shape index (κ2) is 9.84. The standard InChI is InChI=1S/C24H26N4O6/c1-14-20(23-26-22(27-34-23)16-6-5-7-17(12-16)32-3)21(25-24(30)28(14)10-11-31-2)15-8-9-19(33-4)18(29)13-15/h5-9,12-13,21,29H,10-11H2,1-4H3,(H,25,30). The third kappa shape index (κ3) is 4.40. The molecule has 1 aromatic heterocycles. The van der Waals surface area contributed by atoms with Crippen LogP contribution < -0.4 is 14.8 Å². The summed E-state index contributed by atoms with van der Waals surface area (Å²) in [4.78, 5) is 19.1. The van der Waals surface area contributed by atoms with Gasteiger partial charge in [0, 0.05) is 18.4 Å². The zero-order valence-electron chi connectivity index (χ0n) is 19.4. The lowest BCUT2D eigenvalue weighted by Crippen LogP contribution is -2.47. The maximum absolute atomic E-state index is 12.9. The van der Waals surface area contributed by atoms with Gasteiger partial charge in [-0.2, -0.15) is 4.98 Å². The van der Waals surface area contributed by atoms with Gasteiger partial charge in [0.25, 0.3) is 5.89 Å². The van der Waals surface area contributed by atoms with E-state index in [1.54, 1.807) is 37.3 Å². The number of hydrogen-bond donors (Lipinski definition) is 2. The summed E-state index contributed by atoms with van der Waals surface area (Å²) in [6.07, 6.45) is 0. The summed E-state index contributed by atoms with van der Waals surface area (Å²) in [5.74, 6) is 1.58. The number of carbonyl (C=O) groups excluding carboxylic acids is 1. The minimum absolute atomic E-state index is 0.0457. The highest BCUT2D eigenvalue weighted by Crippen LogP contribution is 2.39. The van der Waals surface area contributed by atoms with Crippen molar-refractivity contribution in [1.29, 1.82) is 0 Å². The molecule has 4 rings (SSSR count). The van der Waals surface area contributed by atoms with E-state index < -0.39 is 6.04 Å². The van der Waals surface area contributed by atoms with Crippen molar-refractivity contribution in [3.63, 3.8) is 0 Å². The number of benzene rings is 2. The van der Waals surface area contributed by atoms with Crippen LogP contribution in [-0.4, -0.2) is 60.7 Å². The molecule has 3 aromatic rings. The Bertz CT molecular complexity index is 1220. The predicted molar refractivity (Wildman–Crippen MR) is 123 cm³/mol. The molecule has 0 saturated heterocycles. The molecule has 1 aliphatic rings. The van der Waals surface area contributed by atoms with E-state index in [2.05, 4.69) is 15.5 Å². The Morgan fingerprint density at radius 1 is 1.15 bits per heavy atom. The number of phenols is 1. The first-order valence-corrected chi connectivity index (χ1v) is 10.6. The maximum atomic E-state index is 12.9. The topological polar surface area (TPSA) is 119 Å². The molecule has 0 fully saturated rings. The number of aromatic hydroxyl groups is 1. The average Bonchev–Trinajstić information content (AvgIpc) is 3.33. The molecule has 10 nitrogen and oxygen atoms in total. The van der Waals surface area contributed by atoms with Gasteiger partial charge in [-0.05, 0) is 36.8 Å². The fraction of sp³-hybridized carbons (Fsp3) is 0.292. The molecule has 1 unspecified atom stereocenters. The first-order chi connectivity index (χ1) is 16.5. The van der Waals surface area contributed by atoms with Gasteiger partial charge in [0.05, 0.1) is 39.0 Å². The fourth-order valence-corrected chi connectivity index (χ4v) is 3.86. The first kappa shape index (κ1) is 23.1. The molecule has 2 aromatic carbocycles. The monoisotopic (exact) mass is 466 g/mol. The van der Waals surface area contributed by atoms with Crippen LogP contribution in [0.4, 0.5) is 4.79 Å². The Morgan fingerprint density at radius 2 is 1.97 bits per heavy atom. The van der Waals surface area contributed by atoms with E-state index in [1.807, 2.05) is 31.2 Å². The highest BCUT2D eigenvalue weighted by Gasteiger charge is 2.36. The van der Waals surface area contributed by atoms with Crippen LogP contribution in [0.2, 0.25) is 0 Å². The molecule has 10 heteroatoms. The van der Waals surface area contributed by atoms with E-state index >= 15 is 0 Å². The number of aromatic nitrogens is 2. The van der Waals surface area contributed by atoms with E-state index in [1.165, 1.54) is 7.11 Å². The van der Waals surface area contributed by atoms with Crippen molar-refractivity contribution < 1.29 is 28.6 Å². The summed E-state index contributed by atoms with van der Waals surface area (Å²) in [6.45, 7) is 2.51.